The molecule has 0 aliphatic carbocycles. The van der Waals surface area contributed by atoms with Gasteiger partial charge in [-0.2, -0.15) is 5.10 Å². The molecule has 3 heterocycles. The summed E-state index contributed by atoms with van der Waals surface area (Å²) >= 11 is 5.80. The van der Waals surface area contributed by atoms with Gasteiger partial charge in [0, 0.05) is 31.9 Å². The van der Waals surface area contributed by atoms with Crippen LogP contribution in [0.15, 0.2) is 36.5 Å². The average molecular weight is 461 g/mol. The number of pyridine rings is 1. The van der Waals surface area contributed by atoms with E-state index in [1.165, 1.54) is 18.9 Å². The van der Waals surface area contributed by atoms with Crippen LogP contribution in [0.2, 0.25) is 5.02 Å². The molecule has 166 valence electrons. The highest BCUT2D eigenvalue weighted by molar-refractivity contribution is 6.34. The van der Waals surface area contributed by atoms with E-state index in [1.807, 2.05) is 12.1 Å². The van der Waals surface area contributed by atoms with Crippen LogP contribution in [0.3, 0.4) is 0 Å². The summed E-state index contributed by atoms with van der Waals surface area (Å²) in [5.41, 5.74) is 0.618. The van der Waals surface area contributed by atoms with E-state index in [0.717, 1.165) is 24.5 Å². The number of H-pyrrole nitrogens is 1. The van der Waals surface area contributed by atoms with Gasteiger partial charge >= 0.3 is 0 Å². The molecule has 2 amide bonds. The Balaban J connectivity index is 1.33. The minimum Gasteiger partial charge on any atom is -0.357 e. The van der Waals surface area contributed by atoms with Crippen molar-refractivity contribution >= 4 is 35.1 Å². The molecule has 0 bridgehead atoms. The highest BCUT2D eigenvalue weighted by Crippen LogP contribution is 2.21. The smallest absolute Gasteiger partial charge is 0.272 e. The van der Waals surface area contributed by atoms with Gasteiger partial charge in [0.25, 0.3) is 11.8 Å². The molecule has 1 aliphatic rings. The molecule has 2 aromatic heterocycles. The fourth-order valence-corrected chi connectivity index (χ4v) is 3.55. The zero-order chi connectivity index (χ0) is 22.7. The van der Waals surface area contributed by atoms with E-state index in [0.29, 0.717) is 12.1 Å². The van der Waals surface area contributed by atoms with E-state index >= 15 is 0 Å². The first-order valence-corrected chi connectivity index (χ1v) is 10.3. The maximum absolute atomic E-state index is 13.4. The van der Waals surface area contributed by atoms with Crippen molar-refractivity contribution in [3.05, 3.63) is 70.0 Å². The second kappa shape index (κ2) is 9.31. The number of nitrogens with zero attached hydrogens (tertiary/aromatic N) is 3. The number of carbonyl (C=O) groups excluding carboxylic acids is 2. The van der Waals surface area contributed by atoms with Crippen LogP contribution >= 0.6 is 11.6 Å². The largest absolute Gasteiger partial charge is 0.357 e. The van der Waals surface area contributed by atoms with E-state index in [9.17, 15) is 18.4 Å². The summed E-state index contributed by atoms with van der Waals surface area (Å²) in [5.74, 6) is -2.59. The molecule has 1 saturated heterocycles. The summed E-state index contributed by atoms with van der Waals surface area (Å²) in [6, 6.07) is 6.56. The second-order valence-electron chi connectivity index (χ2n) is 7.27. The molecular formula is C21H19ClF2N6O2. The van der Waals surface area contributed by atoms with Crippen LogP contribution in [-0.2, 0) is 6.54 Å². The van der Waals surface area contributed by atoms with Crippen LogP contribution < -0.4 is 15.5 Å². The highest BCUT2D eigenvalue weighted by Gasteiger charge is 2.18. The van der Waals surface area contributed by atoms with Crippen molar-refractivity contribution in [1.29, 1.82) is 0 Å². The van der Waals surface area contributed by atoms with Gasteiger partial charge in [0.05, 0.1) is 10.6 Å². The zero-order valence-electron chi connectivity index (χ0n) is 16.8. The third-order valence-electron chi connectivity index (χ3n) is 5.01. The molecule has 8 nitrogen and oxygen atoms in total. The Bertz CT molecular complexity index is 1150. The van der Waals surface area contributed by atoms with Crippen molar-refractivity contribution in [2.75, 3.05) is 23.3 Å². The molecule has 0 radical (unpaired) electrons. The number of benzene rings is 1. The van der Waals surface area contributed by atoms with Gasteiger partial charge in [-0.25, -0.2) is 13.8 Å². The number of carbonyl (C=O) groups is 2. The zero-order valence-corrected chi connectivity index (χ0v) is 17.5. The standard InChI is InChI=1S/C21H19ClF2N6O2/c22-14-8-16(24)15(23)7-13(14)20(31)27-18-9-17(28-29-18)21(32)26-11-12-3-4-19(25-10-12)30-5-1-2-6-30/h3-4,7-10H,1-2,5-6,11H2,(H,26,32)(H2,27,28,29,31). The summed E-state index contributed by atoms with van der Waals surface area (Å²) in [5, 5.41) is 11.2. The lowest BCUT2D eigenvalue weighted by Crippen LogP contribution is -2.23. The molecule has 1 aromatic carbocycles. The molecule has 3 N–H and O–H groups in total. The predicted molar refractivity (Wildman–Crippen MR) is 115 cm³/mol. The Kier molecular flexibility index (Phi) is 6.31. The van der Waals surface area contributed by atoms with E-state index in [4.69, 9.17) is 11.6 Å². The lowest BCUT2D eigenvalue weighted by atomic mass is 10.2. The van der Waals surface area contributed by atoms with E-state index in [-0.39, 0.29) is 28.6 Å². The van der Waals surface area contributed by atoms with Gasteiger partial charge in [0.15, 0.2) is 17.3 Å². The van der Waals surface area contributed by atoms with Crippen LogP contribution in [0.5, 0.6) is 0 Å². The summed E-state index contributed by atoms with van der Waals surface area (Å²) in [4.78, 5) is 31.3. The van der Waals surface area contributed by atoms with Crippen molar-refractivity contribution in [3.63, 3.8) is 0 Å². The summed E-state index contributed by atoms with van der Waals surface area (Å²) in [6.45, 7) is 2.26. The van der Waals surface area contributed by atoms with E-state index in [1.54, 1.807) is 6.20 Å². The minimum atomic E-state index is -1.20. The first kappa shape index (κ1) is 21.7. The summed E-state index contributed by atoms with van der Waals surface area (Å²) in [6.07, 6.45) is 4.05. The summed E-state index contributed by atoms with van der Waals surface area (Å²) in [7, 11) is 0. The van der Waals surface area contributed by atoms with Gasteiger partial charge in [-0.3, -0.25) is 14.7 Å². The van der Waals surface area contributed by atoms with Crippen molar-refractivity contribution in [2.45, 2.75) is 19.4 Å². The van der Waals surface area contributed by atoms with Gasteiger partial charge < -0.3 is 15.5 Å². The summed E-state index contributed by atoms with van der Waals surface area (Å²) < 4.78 is 26.6. The average Bonchev–Trinajstić information content (AvgIpc) is 3.47. The molecule has 3 aromatic rings. The topological polar surface area (TPSA) is 103 Å². The molecular weight excluding hydrogens is 442 g/mol. The van der Waals surface area contributed by atoms with Gasteiger partial charge in [-0.05, 0) is 36.6 Å². The van der Waals surface area contributed by atoms with Crippen LogP contribution in [0.1, 0.15) is 39.3 Å². The molecule has 0 saturated carbocycles. The van der Waals surface area contributed by atoms with Crippen molar-refractivity contribution in [3.8, 4) is 0 Å². The number of rotatable bonds is 6. The number of nitrogens with one attached hydrogen (secondary N) is 3. The molecule has 4 rings (SSSR count). The number of hydrogen-bond donors (Lipinski definition) is 3. The maximum atomic E-state index is 13.4. The van der Waals surface area contributed by atoms with Crippen molar-refractivity contribution < 1.29 is 18.4 Å². The molecule has 1 aliphatic heterocycles. The second-order valence-corrected chi connectivity index (χ2v) is 7.68. The third-order valence-corrected chi connectivity index (χ3v) is 5.32. The molecule has 1 fully saturated rings. The molecule has 0 atom stereocenters. The monoisotopic (exact) mass is 460 g/mol. The lowest BCUT2D eigenvalue weighted by Gasteiger charge is -2.16. The van der Waals surface area contributed by atoms with Gasteiger partial charge in [-0.15, -0.1) is 0 Å². The first-order valence-electron chi connectivity index (χ1n) is 9.90. The van der Waals surface area contributed by atoms with Crippen molar-refractivity contribution in [2.24, 2.45) is 0 Å². The van der Waals surface area contributed by atoms with Crippen LogP contribution in [-0.4, -0.2) is 40.1 Å². The predicted octanol–water partition coefficient (Wildman–Crippen LogP) is 3.52. The Hall–Kier alpha value is -3.53. The number of aromatic amines is 1. The SMILES string of the molecule is O=C(NCc1ccc(N2CCCC2)nc1)c1cc(NC(=O)c2cc(F)c(F)cc2Cl)[nH]n1. The van der Waals surface area contributed by atoms with Gasteiger partial charge in [-0.1, -0.05) is 17.7 Å². The lowest BCUT2D eigenvalue weighted by molar-refractivity contribution is 0.0945. The van der Waals surface area contributed by atoms with Crippen molar-refractivity contribution in [1.82, 2.24) is 20.5 Å². The number of amides is 2. The third kappa shape index (κ3) is 4.86. The highest BCUT2D eigenvalue weighted by atomic mass is 35.5. The molecule has 0 spiro atoms. The molecule has 0 unspecified atom stereocenters. The van der Waals surface area contributed by atoms with Crippen LogP contribution in [0.25, 0.3) is 0 Å². The van der Waals surface area contributed by atoms with Crippen LogP contribution in [0.4, 0.5) is 20.4 Å². The van der Waals surface area contributed by atoms with Gasteiger partial charge in [0.2, 0.25) is 0 Å². The number of hydrogen-bond acceptors (Lipinski definition) is 5. The Morgan fingerprint density at radius 2 is 1.84 bits per heavy atom. The molecule has 32 heavy (non-hydrogen) atoms. The minimum absolute atomic E-state index is 0.0401. The van der Waals surface area contributed by atoms with Gasteiger partial charge in [0.1, 0.15) is 11.6 Å². The Morgan fingerprint density at radius 3 is 2.56 bits per heavy atom. The quantitative estimate of drug-likeness (QED) is 0.488. The fraction of sp³-hybridized carbons (Fsp3) is 0.238. The fourth-order valence-electron chi connectivity index (χ4n) is 3.32. The Labute approximate surface area is 187 Å². The Morgan fingerprint density at radius 1 is 1.09 bits per heavy atom. The normalized spacial score (nSPS) is 13.3. The van der Waals surface area contributed by atoms with E-state index < -0.39 is 23.4 Å². The number of halogens is 3. The molecule has 11 heteroatoms. The first-order chi connectivity index (χ1) is 15.4. The number of aromatic nitrogens is 3. The van der Waals surface area contributed by atoms with E-state index in [2.05, 4.69) is 30.7 Å². The van der Waals surface area contributed by atoms with Crippen LogP contribution in [0, 0.1) is 11.6 Å². The number of anilines is 2. The maximum Gasteiger partial charge on any atom is 0.272 e.